The van der Waals surface area contributed by atoms with E-state index < -0.39 is 0 Å². The van der Waals surface area contributed by atoms with Gasteiger partial charge in [-0.05, 0) is 25.7 Å². The summed E-state index contributed by atoms with van der Waals surface area (Å²) < 4.78 is 5.36. The van der Waals surface area contributed by atoms with Gasteiger partial charge in [0.2, 0.25) is 0 Å². The van der Waals surface area contributed by atoms with Crippen LogP contribution in [0.3, 0.4) is 0 Å². The Balaban J connectivity index is 1.85. The van der Waals surface area contributed by atoms with Gasteiger partial charge in [-0.2, -0.15) is 0 Å². The van der Waals surface area contributed by atoms with Crippen LogP contribution in [0.4, 0.5) is 0 Å². The smallest absolute Gasteiger partial charge is 0.140 e. The lowest BCUT2D eigenvalue weighted by molar-refractivity contribution is -0.128. The highest BCUT2D eigenvalue weighted by atomic mass is 16.5. The summed E-state index contributed by atoms with van der Waals surface area (Å²) in [5, 5.41) is 0. The first kappa shape index (κ1) is 12.1. The quantitative estimate of drug-likeness (QED) is 0.799. The van der Waals surface area contributed by atoms with Gasteiger partial charge < -0.3 is 10.5 Å². The maximum absolute atomic E-state index is 12.1. The van der Waals surface area contributed by atoms with Crippen LogP contribution in [-0.4, -0.2) is 24.5 Å². The number of nitrogens with two attached hydrogens (primary N) is 1. The predicted molar refractivity (Wildman–Crippen MR) is 63.2 cm³/mol. The van der Waals surface area contributed by atoms with E-state index in [2.05, 4.69) is 0 Å². The highest BCUT2D eigenvalue weighted by Crippen LogP contribution is 2.30. The zero-order chi connectivity index (χ0) is 11.4. The van der Waals surface area contributed by atoms with Gasteiger partial charge in [-0.15, -0.1) is 0 Å². The number of carbonyl (C=O) groups excluding carboxylic acids is 1. The van der Waals surface area contributed by atoms with Crippen LogP contribution >= 0.6 is 0 Å². The topological polar surface area (TPSA) is 52.3 Å². The Morgan fingerprint density at radius 1 is 1.25 bits per heavy atom. The first-order valence-corrected chi connectivity index (χ1v) is 6.59. The van der Waals surface area contributed by atoms with Gasteiger partial charge in [-0.3, -0.25) is 4.79 Å². The molecule has 1 aliphatic heterocycles. The number of hydrogen-bond acceptors (Lipinski definition) is 3. The highest BCUT2D eigenvalue weighted by molar-refractivity contribution is 5.82. The Morgan fingerprint density at radius 3 is 2.62 bits per heavy atom. The van der Waals surface area contributed by atoms with Crippen LogP contribution in [0.1, 0.15) is 51.4 Å². The lowest BCUT2D eigenvalue weighted by Gasteiger charge is -2.34. The van der Waals surface area contributed by atoms with E-state index in [0.29, 0.717) is 18.8 Å². The SMILES string of the molecule is NC1(CC(=O)C2CCCOC2)CCCCC1. The minimum absolute atomic E-state index is 0.121. The predicted octanol–water partition coefficient (Wildman–Crippen LogP) is 2.03. The molecule has 2 aliphatic rings. The fraction of sp³-hybridized carbons (Fsp3) is 0.923. The Kier molecular flexibility index (Phi) is 3.98. The second kappa shape index (κ2) is 5.28. The van der Waals surface area contributed by atoms with Crippen LogP contribution in [-0.2, 0) is 9.53 Å². The average Bonchev–Trinajstić information content (AvgIpc) is 2.30. The molecule has 3 nitrogen and oxygen atoms in total. The van der Waals surface area contributed by atoms with Crippen molar-refractivity contribution in [2.75, 3.05) is 13.2 Å². The molecule has 0 aromatic heterocycles. The minimum Gasteiger partial charge on any atom is -0.381 e. The molecule has 1 heterocycles. The number of hydrogen-bond donors (Lipinski definition) is 1. The molecule has 2 fully saturated rings. The van der Waals surface area contributed by atoms with Crippen molar-refractivity contribution in [3.8, 4) is 0 Å². The van der Waals surface area contributed by atoms with Crippen LogP contribution in [0, 0.1) is 5.92 Å². The third kappa shape index (κ3) is 3.05. The molecule has 0 amide bonds. The maximum atomic E-state index is 12.1. The summed E-state index contributed by atoms with van der Waals surface area (Å²) >= 11 is 0. The second-order valence-electron chi connectivity index (χ2n) is 5.48. The lowest BCUT2D eigenvalue weighted by atomic mass is 9.77. The van der Waals surface area contributed by atoms with Crippen molar-refractivity contribution in [1.29, 1.82) is 0 Å². The summed E-state index contributed by atoms with van der Waals surface area (Å²) in [7, 11) is 0. The number of rotatable bonds is 3. The third-order valence-corrected chi connectivity index (χ3v) is 3.99. The number of Topliss-reactive ketones (excluding diaryl/α,β-unsaturated/α-hetero) is 1. The standard InChI is InChI=1S/C13H23NO2/c14-13(6-2-1-3-7-13)9-12(15)11-5-4-8-16-10-11/h11H,1-10,14H2. The molecule has 0 radical (unpaired) electrons. The van der Waals surface area contributed by atoms with E-state index in [1.54, 1.807) is 0 Å². The van der Waals surface area contributed by atoms with Gasteiger partial charge in [0.1, 0.15) is 5.78 Å². The van der Waals surface area contributed by atoms with Crippen molar-refractivity contribution < 1.29 is 9.53 Å². The van der Waals surface area contributed by atoms with Crippen LogP contribution in [0.15, 0.2) is 0 Å². The highest BCUT2D eigenvalue weighted by Gasteiger charge is 2.33. The number of carbonyl (C=O) groups is 1. The molecule has 0 aromatic rings. The van der Waals surface area contributed by atoms with Crippen molar-refractivity contribution in [1.82, 2.24) is 0 Å². The van der Waals surface area contributed by atoms with Gasteiger partial charge in [0.25, 0.3) is 0 Å². The summed E-state index contributed by atoms with van der Waals surface area (Å²) in [5.41, 5.74) is 6.10. The summed E-state index contributed by atoms with van der Waals surface area (Å²) in [4.78, 5) is 12.1. The molecule has 0 aromatic carbocycles. The molecule has 2 N–H and O–H groups in total. The molecular weight excluding hydrogens is 202 g/mol. The molecule has 0 spiro atoms. The van der Waals surface area contributed by atoms with Crippen LogP contribution in [0.5, 0.6) is 0 Å². The van der Waals surface area contributed by atoms with Crippen LogP contribution in [0.2, 0.25) is 0 Å². The normalized spacial score (nSPS) is 29.9. The summed E-state index contributed by atoms with van der Waals surface area (Å²) in [5.74, 6) is 0.459. The first-order chi connectivity index (χ1) is 7.70. The zero-order valence-electron chi connectivity index (χ0n) is 10.0. The van der Waals surface area contributed by atoms with Crippen molar-refractivity contribution in [2.45, 2.75) is 56.9 Å². The summed E-state index contributed by atoms with van der Waals surface area (Å²) in [6.07, 6.45) is 8.28. The Hall–Kier alpha value is -0.410. The van der Waals surface area contributed by atoms with E-state index in [1.807, 2.05) is 0 Å². The molecule has 0 bridgehead atoms. The van der Waals surface area contributed by atoms with Crippen LogP contribution < -0.4 is 5.73 Å². The molecule has 92 valence electrons. The van der Waals surface area contributed by atoms with Gasteiger partial charge in [0.15, 0.2) is 0 Å². The van der Waals surface area contributed by atoms with Gasteiger partial charge in [-0.1, -0.05) is 19.3 Å². The van der Waals surface area contributed by atoms with E-state index in [1.165, 1.54) is 19.3 Å². The van der Waals surface area contributed by atoms with E-state index in [4.69, 9.17) is 10.5 Å². The second-order valence-corrected chi connectivity index (χ2v) is 5.48. The number of ether oxygens (including phenoxy) is 1. The molecule has 1 atom stereocenters. The Labute approximate surface area is 97.7 Å². The van der Waals surface area contributed by atoms with Crippen LogP contribution in [0.25, 0.3) is 0 Å². The zero-order valence-corrected chi connectivity index (χ0v) is 10.0. The van der Waals surface area contributed by atoms with Crippen molar-refractivity contribution >= 4 is 5.78 Å². The largest absolute Gasteiger partial charge is 0.381 e. The summed E-state index contributed by atoms with van der Waals surface area (Å²) in [6, 6.07) is 0. The summed E-state index contributed by atoms with van der Waals surface area (Å²) in [6.45, 7) is 1.44. The Morgan fingerprint density at radius 2 is 2.00 bits per heavy atom. The molecule has 3 heteroatoms. The van der Waals surface area contributed by atoms with E-state index in [-0.39, 0.29) is 11.5 Å². The van der Waals surface area contributed by atoms with E-state index >= 15 is 0 Å². The molecule has 1 saturated heterocycles. The third-order valence-electron chi connectivity index (χ3n) is 3.99. The van der Waals surface area contributed by atoms with Gasteiger partial charge in [-0.25, -0.2) is 0 Å². The fourth-order valence-electron chi connectivity index (χ4n) is 2.92. The lowest BCUT2D eigenvalue weighted by Crippen LogP contribution is -2.45. The molecule has 1 unspecified atom stereocenters. The molecule has 1 saturated carbocycles. The van der Waals surface area contributed by atoms with Crippen molar-refractivity contribution in [2.24, 2.45) is 11.7 Å². The van der Waals surface area contributed by atoms with E-state index in [0.717, 1.165) is 32.3 Å². The fourth-order valence-corrected chi connectivity index (χ4v) is 2.92. The molecular formula is C13H23NO2. The first-order valence-electron chi connectivity index (χ1n) is 6.59. The molecule has 1 aliphatic carbocycles. The molecule has 2 rings (SSSR count). The molecule has 16 heavy (non-hydrogen) atoms. The van der Waals surface area contributed by atoms with Crippen molar-refractivity contribution in [3.05, 3.63) is 0 Å². The Bertz CT molecular complexity index is 240. The van der Waals surface area contributed by atoms with Gasteiger partial charge in [0.05, 0.1) is 6.61 Å². The minimum atomic E-state index is -0.202. The van der Waals surface area contributed by atoms with Gasteiger partial charge in [0, 0.05) is 24.5 Å². The monoisotopic (exact) mass is 225 g/mol. The number of ketones is 1. The van der Waals surface area contributed by atoms with E-state index in [9.17, 15) is 4.79 Å². The maximum Gasteiger partial charge on any atom is 0.140 e. The average molecular weight is 225 g/mol. The van der Waals surface area contributed by atoms with Gasteiger partial charge >= 0.3 is 0 Å². The van der Waals surface area contributed by atoms with Crippen molar-refractivity contribution in [3.63, 3.8) is 0 Å².